The van der Waals surface area contributed by atoms with Crippen LogP contribution in [-0.4, -0.2) is 59.1 Å². The molecule has 2 unspecified atom stereocenters. The molecule has 6 nitrogen and oxygen atoms in total. The van der Waals surface area contributed by atoms with E-state index >= 15 is 0 Å². The van der Waals surface area contributed by atoms with Crippen LogP contribution in [0.2, 0.25) is 0 Å². The van der Waals surface area contributed by atoms with E-state index in [0.717, 1.165) is 17.5 Å². The fourth-order valence-corrected chi connectivity index (χ4v) is 5.93. The van der Waals surface area contributed by atoms with Crippen molar-refractivity contribution in [3.63, 3.8) is 0 Å². The molecule has 0 fully saturated rings. The van der Waals surface area contributed by atoms with Crippen LogP contribution in [0.5, 0.6) is 11.5 Å². The molecule has 3 rings (SSSR count). The molecule has 41 heavy (non-hydrogen) atoms. The number of unbranched alkanes of at least 4 members (excludes halogenated alkanes) is 9. The van der Waals surface area contributed by atoms with Gasteiger partial charge in [0.1, 0.15) is 36.9 Å². The number of benzene rings is 2. The highest BCUT2D eigenvalue weighted by atomic mass is 32.1. The molecule has 0 aliphatic heterocycles. The Labute approximate surface area is 249 Å². The number of hydrogen-bond acceptors (Lipinski definition) is 7. The van der Waals surface area contributed by atoms with Crippen LogP contribution in [0.1, 0.15) is 76.7 Å². The van der Waals surface area contributed by atoms with Crippen LogP contribution in [0.3, 0.4) is 0 Å². The first-order valence-corrected chi connectivity index (χ1v) is 16.0. The van der Waals surface area contributed by atoms with Crippen molar-refractivity contribution in [2.24, 2.45) is 0 Å². The first-order chi connectivity index (χ1) is 20.0. The van der Waals surface area contributed by atoms with E-state index in [1.54, 1.807) is 11.3 Å². The molecule has 0 bridgehead atoms. The van der Waals surface area contributed by atoms with Crippen LogP contribution in [0, 0.1) is 0 Å². The SMILES string of the molecule is CCCCCCCCCCCCc1cc(-c2ccc(OCC(O)CO)cc2)sc1-c1ccc(OCC(O)CO)cc1. The summed E-state index contributed by atoms with van der Waals surface area (Å²) in [4.78, 5) is 2.44. The van der Waals surface area contributed by atoms with Crippen LogP contribution < -0.4 is 9.47 Å². The molecule has 0 saturated carbocycles. The van der Waals surface area contributed by atoms with Gasteiger partial charge in [-0.3, -0.25) is 0 Å². The quantitative estimate of drug-likeness (QED) is 0.101. The zero-order valence-corrected chi connectivity index (χ0v) is 25.3. The van der Waals surface area contributed by atoms with Gasteiger partial charge in [-0.15, -0.1) is 11.3 Å². The van der Waals surface area contributed by atoms with Gasteiger partial charge in [0, 0.05) is 9.75 Å². The summed E-state index contributed by atoms with van der Waals surface area (Å²) in [7, 11) is 0. The lowest BCUT2D eigenvalue weighted by Crippen LogP contribution is -2.21. The summed E-state index contributed by atoms with van der Waals surface area (Å²) in [6.45, 7) is 1.73. The van der Waals surface area contributed by atoms with Crippen molar-refractivity contribution in [1.29, 1.82) is 0 Å². The number of ether oxygens (including phenoxy) is 2. The topological polar surface area (TPSA) is 99.4 Å². The molecule has 226 valence electrons. The van der Waals surface area contributed by atoms with E-state index in [9.17, 15) is 10.2 Å². The van der Waals surface area contributed by atoms with E-state index in [1.165, 1.54) is 79.5 Å². The van der Waals surface area contributed by atoms with Gasteiger partial charge in [0.05, 0.1) is 13.2 Å². The predicted molar refractivity (Wildman–Crippen MR) is 168 cm³/mol. The minimum atomic E-state index is -0.890. The van der Waals surface area contributed by atoms with Crippen molar-refractivity contribution in [1.82, 2.24) is 0 Å². The summed E-state index contributed by atoms with van der Waals surface area (Å²) in [5.41, 5.74) is 3.59. The highest BCUT2D eigenvalue weighted by Gasteiger charge is 2.14. The third-order valence-electron chi connectivity index (χ3n) is 7.17. The Balaban J connectivity index is 1.65. The molecule has 7 heteroatoms. The van der Waals surface area contributed by atoms with Crippen molar-refractivity contribution in [3.05, 3.63) is 60.2 Å². The Hall–Kier alpha value is -2.42. The summed E-state index contributed by atoms with van der Waals surface area (Å²) >= 11 is 1.77. The van der Waals surface area contributed by atoms with Gasteiger partial charge in [-0.25, -0.2) is 0 Å². The normalized spacial score (nSPS) is 12.8. The van der Waals surface area contributed by atoms with Crippen molar-refractivity contribution >= 4 is 11.3 Å². The van der Waals surface area contributed by atoms with Crippen molar-refractivity contribution < 1.29 is 29.9 Å². The van der Waals surface area contributed by atoms with E-state index in [0.29, 0.717) is 11.5 Å². The van der Waals surface area contributed by atoms with Crippen LogP contribution in [0.4, 0.5) is 0 Å². The molecular formula is C34H48O6S. The molecule has 0 saturated heterocycles. The molecule has 3 aromatic rings. The van der Waals surface area contributed by atoms with Crippen molar-refractivity contribution in [2.75, 3.05) is 26.4 Å². The van der Waals surface area contributed by atoms with Crippen molar-refractivity contribution in [3.8, 4) is 32.4 Å². The molecule has 1 heterocycles. The highest BCUT2D eigenvalue weighted by molar-refractivity contribution is 7.19. The maximum Gasteiger partial charge on any atom is 0.119 e. The summed E-state index contributed by atoms with van der Waals surface area (Å²) in [6, 6.07) is 18.1. The third kappa shape index (κ3) is 11.8. The Bertz CT molecular complexity index is 1100. The fraction of sp³-hybridized carbons (Fsp3) is 0.529. The smallest absolute Gasteiger partial charge is 0.119 e. The second-order valence-electron chi connectivity index (χ2n) is 10.7. The lowest BCUT2D eigenvalue weighted by atomic mass is 10.0. The van der Waals surface area contributed by atoms with Gasteiger partial charge >= 0.3 is 0 Å². The average molecular weight is 585 g/mol. The van der Waals surface area contributed by atoms with Gasteiger partial charge < -0.3 is 29.9 Å². The number of rotatable bonds is 21. The van der Waals surface area contributed by atoms with Gasteiger partial charge in [0.2, 0.25) is 0 Å². The lowest BCUT2D eigenvalue weighted by Gasteiger charge is -2.10. The second kappa shape index (κ2) is 18.9. The predicted octanol–water partition coefficient (Wildman–Crippen LogP) is 7.01. The summed E-state index contributed by atoms with van der Waals surface area (Å²) < 4.78 is 11.2. The molecule has 0 aliphatic carbocycles. The monoisotopic (exact) mass is 584 g/mol. The average Bonchev–Trinajstić information content (AvgIpc) is 3.44. The van der Waals surface area contributed by atoms with E-state index in [-0.39, 0.29) is 26.4 Å². The largest absolute Gasteiger partial charge is 0.491 e. The minimum Gasteiger partial charge on any atom is -0.491 e. The maximum absolute atomic E-state index is 9.57. The Morgan fingerprint density at radius 3 is 1.59 bits per heavy atom. The zero-order valence-electron chi connectivity index (χ0n) is 24.5. The number of thiophene rings is 1. The minimum absolute atomic E-state index is 0.0562. The molecule has 0 amide bonds. The molecule has 0 spiro atoms. The van der Waals surface area contributed by atoms with Crippen LogP contribution in [-0.2, 0) is 6.42 Å². The van der Waals surface area contributed by atoms with Gasteiger partial charge in [0.25, 0.3) is 0 Å². The van der Waals surface area contributed by atoms with Crippen LogP contribution in [0.15, 0.2) is 54.6 Å². The van der Waals surface area contributed by atoms with E-state index in [4.69, 9.17) is 19.7 Å². The Morgan fingerprint density at radius 1 is 0.634 bits per heavy atom. The van der Waals surface area contributed by atoms with Gasteiger partial charge in [0.15, 0.2) is 0 Å². The molecule has 2 aromatic carbocycles. The molecule has 0 radical (unpaired) electrons. The molecule has 1 aromatic heterocycles. The Kier molecular flexibility index (Phi) is 15.3. The second-order valence-corrected chi connectivity index (χ2v) is 11.8. The van der Waals surface area contributed by atoms with E-state index in [2.05, 4.69) is 25.1 Å². The maximum atomic E-state index is 9.57. The van der Waals surface area contributed by atoms with E-state index < -0.39 is 12.2 Å². The molecule has 0 aliphatic rings. The fourth-order valence-electron chi connectivity index (χ4n) is 4.71. The van der Waals surface area contributed by atoms with Gasteiger partial charge in [-0.05, 0) is 84.1 Å². The number of hydrogen-bond donors (Lipinski definition) is 4. The van der Waals surface area contributed by atoms with Crippen molar-refractivity contribution in [2.45, 2.75) is 89.8 Å². The highest BCUT2D eigenvalue weighted by Crippen LogP contribution is 2.40. The number of aryl methyl sites for hydroxylation is 1. The number of aliphatic hydroxyl groups is 4. The standard InChI is InChI=1S/C34H48O6S/c1-2-3-4-5-6-7-8-9-10-11-12-28-21-33(26-13-17-31(18-14-26)39-24-29(37)22-35)41-34(28)27-15-19-32(20-16-27)40-25-30(38)23-36/h13-21,29-30,35-38H,2-12,22-25H2,1H3. The summed E-state index contributed by atoms with van der Waals surface area (Å²) in [5, 5.41) is 37.1. The third-order valence-corrected chi connectivity index (χ3v) is 8.45. The van der Waals surface area contributed by atoms with Crippen LogP contribution in [0.25, 0.3) is 20.9 Å². The summed E-state index contributed by atoms with van der Waals surface area (Å²) in [6.07, 6.45) is 12.4. The number of aliphatic hydroxyl groups excluding tert-OH is 4. The van der Waals surface area contributed by atoms with E-state index in [1.807, 2.05) is 36.4 Å². The summed E-state index contributed by atoms with van der Waals surface area (Å²) in [5.74, 6) is 1.32. The van der Waals surface area contributed by atoms with Gasteiger partial charge in [-0.2, -0.15) is 0 Å². The lowest BCUT2D eigenvalue weighted by molar-refractivity contribution is 0.0536. The first kappa shape index (κ1) is 33.1. The molecular weight excluding hydrogens is 536 g/mol. The zero-order chi connectivity index (χ0) is 29.3. The Morgan fingerprint density at radius 2 is 1.10 bits per heavy atom. The molecule has 2 atom stereocenters. The van der Waals surface area contributed by atoms with Gasteiger partial charge in [-0.1, -0.05) is 64.7 Å². The first-order valence-electron chi connectivity index (χ1n) is 15.2. The van der Waals surface area contributed by atoms with Crippen LogP contribution >= 0.6 is 11.3 Å². The molecule has 4 N–H and O–H groups in total.